The van der Waals surface area contributed by atoms with Gasteiger partial charge >= 0.3 is 5.97 Å². The van der Waals surface area contributed by atoms with Crippen molar-refractivity contribution in [2.45, 2.75) is 0 Å². The average Bonchev–Trinajstić information content (AvgIpc) is 2.80. The Bertz CT molecular complexity index is 762. The van der Waals surface area contributed by atoms with Gasteiger partial charge in [-0.05, 0) is 12.1 Å². The first-order valence-corrected chi connectivity index (χ1v) is 5.63. The van der Waals surface area contributed by atoms with Crippen LogP contribution in [0.5, 0.6) is 0 Å². The molecule has 0 unspecified atom stereocenters. The van der Waals surface area contributed by atoms with Crippen molar-refractivity contribution < 1.29 is 9.90 Å². The summed E-state index contributed by atoms with van der Waals surface area (Å²) in [7, 11) is 1.88. The van der Waals surface area contributed by atoms with Gasteiger partial charge in [-0.1, -0.05) is 12.1 Å². The molecule has 0 radical (unpaired) electrons. The van der Waals surface area contributed by atoms with Gasteiger partial charge in [0.15, 0.2) is 11.5 Å². The predicted molar refractivity (Wildman–Crippen MR) is 68.7 cm³/mol. The highest BCUT2D eigenvalue weighted by Crippen LogP contribution is 2.18. The molecule has 1 N–H and O–H groups in total. The summed E-state index contributed by atoms with van der Waals surface area (Å²) in [5.74, 6) is -0.421. The molecule has 6 nitrogen and oxygen atoms in total. The van der Waals surface area contributed by atoms with Crippen molar-refractivity contribution in [2.75, 3.05) is 0 Å². The molecule has 19 heavy (non-hydrogen) atoms. The first-order chi connectivity index (χ1) is 9.15. The second-order valence-electron chi connectivity index (χ2n) is 4.14. The van der Waals surface area contributed by atoms with Gasteiger partial charge in [0.1, 0.15) is 5.52 Å². The zero-order valence-electron chi connectivity index (χ0n) is 10.1. The smallest absolute Gasteiger partial charge is 0.335 e. The van der Waals surface area contributed by atoms with E-state index in [1.54, 1.807) is 24.7 Å². The van der Waals surface area contributed by atoms with E-state index < -0.39 is 5.97 Å². The summed E-state index contributed by atoms with van der Waals surface area (Å²) in [6.45, 7) is 0. The maximum Gasteiger partial charge on any atom is 0.335 e. The number of aromatic carboxylic acids is 1. The Hall–Kier alpha value is -2.76. The Kier molecular flexibility index (Phi) is 2.49. The summed E-state index contributed by atoms with van der Waals surface area (Å²) in [5, 5.41) is 8.85. The van der Waals surface area contributed by atoms with E-state index in [2.05, 4.69) is 15.0 Å². The molecular formula is C13H10N4O2. The zero-order valence-corrected chi connectivity index (χ0v) is 10.1. The average molecular weight is 254 g/mol. The number of carboxylic acid groups (broad SMARTS) is 1. The highest BCUT2D eigenvalue weighted by Gasteiger charge is 2.07. The first-order valence-electron chi connectivity index (χ1n) is 5.63. The van der Waals surface area contributed by atoms with Crippen LogP contribution in [0.3, 0.4) is 0 Å². The minimum absolute atomic E-state index is 0.239. The molecule has 0 atom stereocenters. The molecule has 0 saturated heterocycles. The van der Waals surface area contributed by atoms with Gasteiger partial charge in [0, 0.05) is 12.6 Å². The van der Waals surface area contributed by atoms with E-state index in [1.165, 1.54) is 12.1 Å². The number of carboxylic acids is 1. The molecule has 94 valence electrons. The van der Waals surface area contributed by atoms with E-state index in [0.29, 0.717) is 11.5 Å². The monoisotopic (exact) mass is 254 g/mol. The second-order valence-corrected chi connectivity index (χ2v) is 4.14. The van der Waals surface area contributed by atoms with E-state index in [9.17, 15) is 4.79 Å². The summed E-state index contributed by atoms with van der Waals surface area (Å²) in [5.41, 5.74) is 2.47. The maximum atomic E-state index is 10.8. The lowest BCUT2D eigenvalue weighted by Gasteiger charge is -2.01. The van der Waals surface area contributed by atoms with Crippen LogP contribution in [0.1, 0.15) is 10.4 Å². The van der Waals surface area contributed by atoms with Gasteiger partial charge < -0.3 is 9.67 Å². The quantitative estimate of drug-likeness (QED) is 0.753. The van der Waals surface area contributed by atoms with Crippen LogP contribution in [0.4, 0.5) is 0 Å². The van der Waals surface area contributed by atoms with Gasteiger partial charge in [0.2, 0.25) is 0 Å². The highest BCUT2D eigenvalue weighted by molar-refractivity contribution is 5.88. The molecule has 0 aliphatic rings. The fourth-order valence-electron chi connectivity index (χ4n) is 1.81. The highest BCUT2D eigenvalue weighted by atomic mass is 16.4. The van der Waals surface area contributed by atoms with Gasteiger partial charge in [-0.15, -0.1) is 0 Å². The summed E-state index contributed by atoms with van der Waals surface area (Å²) in [6, 6.07) is 6.44. The molecule has 2 heterocycles. The predicted octanol–water partition coefficient (Wildman–Crippen LogP) is 1.73. The van der Waals surface area contributed by atoms with Crippen molar-refractivity contribution in [1.29, 1.82) is 0 Å². The van der Waals surface area contributed by atoms with Gasteiger partial charge in [-0.2, -0.15) is 0 Å². The number of benzene rings is 1. The number of carbonyl (C=O) groups is 1. The minimum atomic E-state index is -0.951. The molecule has 0 amide bonds. The first kappa shape index (κ1) is 11.3. The maximum absolute atomic E-state index is 10.8. The van der Waals surface area contributed by atoms with Gasteiger partial charge in [0.25, 0.3) is 0 Å². The van der Waals surface area contributed by atoms with E-state index in [4.69, 9.17) is 5.11 Å². The molecule has 2 aromatic heterocycles. The summed E-state index contributed by atoms with van der Waals surface area (Å²) in [4.78, 5) is 23.6. The van der Waals surface area contributed by atoms with E-state index in [0.717, 1.165) is 11.1 Å². The SMILES string of the molecule is Cn1cnc2nc(-c3ccc(C(=O)O)cc3)ncc21. The van der Waals surface area contributed by atoms with Crippen LogP contribution >= 0.6 is 0 Å². The largest absolute Gasteiger partial charge is 0.478 e. The van der Waals surface area contributed by atoms with Crippen LogP contribution in [0, 0.1) is 0 Å². The van der Waals surface area contributed by atoms with E-state index in [1.807, 2.05) is 11.6 Å². The Balaban J connectivity index is 2.05. The molecular weight excluding hydrogens is 244 g/mol. The lowest BCUT2D eigenvalue weighted by molar-refractivity contribution is 0.0697. The number of aryl methyl sites for hydroxylation is 1. The Morgan fingerprint density at radius 1 is 1.21 bits per heavy atom. The molecule has 0 aliphatic carbocycles. The van der Waals surface area contributed by atoms with Crippen molar-refractivity contribution in [3.05, 3.63) is 42.4 Å². The van der Waals surface area contributed by atoms with Crippen LogP contribution in [0.2, 0.25) is 0 Å². The molecule has 0 saturated carbocycles. The Morgan fingerprint density at radius 3 is 2.63 bits per heavy atom. The van der Waals surface area contributed by atoms with Crippen LogP contribution in [-0.4, -0.2) is 30.6 Å². The minimum Gasteiger partial charge on any atom is -0.478 e. The molecule has 3 rings (SSSR count). The standard InChI is InChI=1S/C13H10N4O2/c1-17-7-15-12-10(17)6-14-11(16-12)8-2-4-9(5-3-8)13(18)19/h2-7H,1H3,(H,18,19). The van der Waals surface area contributed by atoms with Crippen molar-refractivity contribution in [3.8, 4) is 11.4 Å². The number of nitrogens with zero attached hydrogens (tertiary/aromatic N) is 4. The van der Waals surface area contributed by atoms with Crippen LogP contribution in [-0.2, 0) is 7.05 Å². The Morgan fingerprint density at radius 2 is 1.95 bits per heavy atom. The van der Waals surface area contributed by atoms with Gasteiger partial charge in [0.05, 0.1) is 18.1 Å². The van der Waals surface area contributed by atoms with Crippen molar-refractivity contribution >= 4 is 17.1 Å². The summed E-state index contributed by atoms with van der Waals surface area (Å²) >= 11 is 0. The fourth-order valence-corrected chi connectivity index (χ4v) is 1.81. The zero-order chi connectivity index (χ0) is 13.4. The van der Waals surface area contributed by atoms with Gasteiger partial charge in [-0.25, -0.2) is 19.7 Å². The second kappa shape index (κ2) is 4.16. The molecule has 0 bridgehead atoms. The third-order valence-electron chi connectivity index (χ3n) is 2.87. The topological polar surface area (TPSA) is 80.9 Å². The molecule has 0 fully saturated rings. The number of imidazole rings is 1. The van der Waals surface area contributed by atoms with Gasteiger partial charge in [-0.3, -0.25) is 0 Å². The number of aromatic nitrogens is 4. The number of hydrogen-bond donors (Lipinski definition) is 1. The van der Waals surface area contributed by atoms with E-state index >= 15 is 0 Å². The van der Waals surface area contributed by atoms with Crippen molar-refractivity contribution in [1.82, 2.24) is 19.5 Å². The lowest BCUT2D eigenvalue weighted by atomic mass is 10.1. The molecule has 0 spiro atoms. The third kappa shape index (κ3) is 1.93. The van der Waals surface area contributed by atoms with Crippen LogP contribution in [0.25, 0.3) is 22.6 Å². The van der Waals surface area contributed by atoms with Crippen LogP contribution < -0.4 is 0 Å². The lowest BCUT2D eigenvalue weighted by Crippen LogP contribution is -1.96. The van der Waals surface area contributed by atoms with Crippen molar-refractivity contribution in [3.63, 3.8) is 0 Å². The van der Waals surface area contributed by atoms with Crippen molar-refractivity contribution in [2.24, 2.45) is 7.05 Å². The number of rotatable bonds is 2. The number of hydrogen-bond acceptors (Lipinski definition) is 4. The molecule has 1 aromatic carbocycles. The van der Waals surface area contributed by atoms with E-state index in [-0.39, 0.29) is 5.56 Å². The molecule has 6 heteroatoms. The third-order valence-corrected chi connectivity index (χ3v) is 2.87. The fraction of sp³-hybridized carbons (Fsp3) is 0.0769. The summed E-state index contributed by atoms with van der Waals surface area (Å²) in [6.07, 6.45) is 3.38. The Labute approximate surface area is 108 Å². The number of fused-ring (bicyclic) bond motifs is 1. The normalized spacial score (nSPS) is 10.8. The summed E-state index contributed by atoms with van der Waals surface area (Å²) < 4.78 is 1.84. The molecule has 0 aliphatic heterocycles. The molecule has 3 aromatic rings. The van der Waals surface area contributed by atoms with Crippen LogP contribution in [0.15, 0.2) is 36.8 Å².